The molecule has 1 unspecified atom stereocenters. The Bertz CT molecular complexity index is 309. The Labute approximate surface area is 103 Å². The van der Waals surface area contributed by atoms with Crippen LogP contribution >= 0.6 is 11.6 Å². The molecule has 1 atom stereocenters. The summed E-state index contributed by atoms with van der Waals surface area (Å²) in [5, 5.41) is 3.78. The van der Waals surface area contributed by atoms with Gasteiger partial charge in [0.2, 0.25) is 0 Å². The van der Waals surface area contributed by atoms with Crippen molar-refractivity contribution in [2.75, 3.05) is 7.05 Å². The fourth-order valence-electron chi connectivity index (χ4n) is 1.82. The molecule has 0 aliphatic heterocycles. The highest BCUT2D eigenvalue weighted by molar-refractivity contribution is 6.29. The van der Waals surface area contributed by atoms with Crippen molar-refractivity contribution in [1.82, 2.24) is 5.32 Å². The molecule has 1 heterocycles. The summed E-state index contributed by atoms with van der Waals surface area (Å²) in [5.41, 5.74) is 1.06. The number of nitrogens with one attached hydrogen (secondary N) is 1. The van der Waals surface area contributed by atoms with Crippen LogP contribution in [0.1, 0.15) is 43.7 Å². The number of rotatable bonds is 8. The first-order valence-corrected chi connectivity index (χ1v) is 6.18. The molecular formula is C13H20ClNO. The standard InChI is InChI=1S/C13H20ClNO/c1-3-4-5-6-7-8-12(15-2)11-9-10-16-13(11)14/h3,9-10,12,15H,1,4-8H2,2H3. The SMILES string of the molecule is C=CCCCCCC(NC)c1ccoc1Cl. The number of unbranched alkanes of at least 4 members (excludes halogenated alkanes) is 3. The van der Waals surface area contributed by atoms with Crippen LogP contribution in [0, 0.1) is 0 Å². The fourth-order valence-corrected chi connectivity index (χ4v) is 2.07. The van der Waals surface area contributed by atoms with E-state index in [-0.39, 0.29) is 0 Å². The smallest absolute Gasteiger partial charge is 0.197 e. The third-order valence-corrected chi connectivity index (χ3v) is 3.08. The van der Waals surface area contributed by atoms with Gasteiger partial charge in [0.25, 0.3) is 0 Å². The van der Waals surface area contributed by atoms with Gasteiger partial charge in [0.1, 0.15) is 0 Å². The molecule has 3 heteroatoms. The zero-order valence-corrected chi connectivity index (χ0v) is 10.6. The van der Waals surface area contributed by atoms with E-state index in [1.807, 2.05) is 19.2 Å². The predicted octanol–water partition coefficient (Wildman–Crippen LogP) is 4.33. The summed E-state index contributed by atoms with van der Waals surface area (Å²) >= 11 is 5.96. The summed E-state index contributed by atoms with van der Waals surface area (Å²) in [6.45, 7) is 3.72. The van der Waals surface area contributed by atoms with Gasteiger partial charge >= 0.3 is 0 Å². The van der Waals surface area contributed by atoms with Crippen molar-refractivity contribution in [2.24, 2.45) is 0 Å². The van der Waals surface area contributed by atoms with E-state index in [4.69, 9.17) is 16.0 Å². The maximum atomic E-state index is 5.96. The summed E-state index contributed by atoms with van der Waals surface area (Å²) in [7, 11) is 1.96. The quantitative estimate of drug-likeness (QED) is 0.541. The average Bonchev–Trinajstić information content (AvgIpc) is 2.70. The Hall–Kier alpha value is -0.730. The van der Waals surface area contributed by atoms with Crippen molar-refractivity contribution in [3.63, 3.8) is 0 Å². The molecule has 0 aromatic carbocycles. The fraction of sp³-hybridized carbons (Fsp3) is 0.538. The minimum absolute atomic E-state index is 0.301. The van der Waals surface area contributed by atoms with E-state index in [0.717, 1.165) is 18.4 Å². The van der Waals surface area contributed by atoms with E-state index in [1.54, 1.807) is 6.26 Å². The molecule has 0 saturated carbocycles. The van der Waals surface area contributed by atoms with Crippen LogP contribution in [0.4, 0.5) is 0 Å². The average molecular weight is 242 g/mol. The summed E-state index contributed by atoms with van der Waals surface area (Å²) in [5.74, 6) is 0. The van der Waals surface area contributed by atoms with Crippen LogP contribution in [0.3, 0.4) is 0 Å². The Balaban J connectivity index is 2.33. The molecule has 0 aliphatic carbocycles. The van der Waals surface area contributed by atoms with Gasteiger partial charge in [0.15, 0.2) is 5.22 Å². The van der Waals surface area contributed by atoms with Crippen molar-refractivity contribution >= 4 is 11.6 Å². The molecule has 0 bridgehead atoms. The molecule has 90 valence electrons. The number of hydrogen-bond donors (Lipinski definition) is 1. The van der Waals surface area contributed by atoms with Crippen LogP contribution in [0.2, 0.25) is 5.22 Å². The third-order valence-electron chi connectivity index (χ3n) is 2.77. The summed E-state index contributed by atoms with van der Waals surface area (Å²) < 4.78 is 5.10. The van der Waals surface area contributed by atoms with Crippen molar-refractivity contribution in [1.29, 1.82) is 0 Å². The van der Waals surface area contributed by atoms with Gasteiger partial charge in [-0.1, -0.05) is 18.9 Å². The Kier molecular flexibility index (Phi) is 6.27. The van der Waals surface area contributed by atoms with Crippen LogP contribution in [-0.2, 0) is 0 Å². The van der Waals surface area contributed by atoms with Gasteiger partial charge < -0.3 is 9.73 Å². The van der Waals surface area contributed by atoms with Crippen LogP contribution in [0.25, 0.3) is 0 Å². The summed E-state index contributed by atoms with van der Waals surface area (Å²) in [6, 6.07) is 2.24. The Morgan fingerprint density at radius 3 is 2.88 bits per heavy atom. The lowest BCUT2D eigenvalue weighted by atomic mass is 10.0. The second-order valence-corrected chi connectivity index (χ2v) is 4.26. The second-order valence-electron chi connectivity index (χ2n) is 3.92. The maximum Gasteiger partial charge on any atom is 0.197 e. The molecule has 2 nitrogen and oxygen atoms in total. The third kappa shape index (κ3) is 4.03. The highest BCUT2D eigenvalue weighted by atomic mass is 35.5. The van der Waals surface area contributed by atoms with Gasteiger partial charge in [-0.3, -0.25) is 0 Å². The molecule has 1 rings (SSSR count). The van der Waals surface area contributed by atoms with Crippen molar-refractivity contribution in [2.45, 2.75) is 38.1 Å². The topological polar surface area (TPSA) is 25.2 Å². The van der Waals surface area contributed by atoms with Crippen molar-refractivity contribution in [3.05, 3.63) is 35.8 Å². The second kappa shape index (κ2) is 7.53. The molecule has 16 heavy (non-hydrogen) atoms. The Morgan fingerprint density at radius 2 is 2.31 bits per heavy atom. The van der Waals surface area contributed by atoms with Crippen molar-refractivity contribution < 1.29 is 4.42 Å². The van der Waals surface area contributed by atoms with E-state index in [2.05, 4.69) is 11.9 Å². The maximum absolute atomic E-state index is 5.96. The van der Waals surface area contributed by atoms with Gasteiger partial charge in [0, 0.05) is 11.6 Å². The number of furan rings is 1. The predicted molar refractivity (Wildman–Crippen MR) is 68.8 cm³/mol. The first-order chi connectivity index (χ1) is 7.79. The first kappa shape index (κ1) is 13.3. The lowest BCUT2D eigenvalue weighted by Gasteiger charge is -2.14. The van der Waals surface area contributed by atoms with Crippen LogP contribution in [0.5, 0.6) is 0 Å². The highest BCUT2D eigenvalue weighted by Gasteiger charge is 2.14. The molecule has 0 radical (unpaired) electrons. The van der Waals surface area contributed by atoms with Gasteiger partial charge in [-0.05, 0) is 44.0 Å². The summed E-state index contributed by atoms with van der Waals surface area (Å²) in [6.07, 6.45) is 9.46. The molecule has 0 fully saturated rings. The monoisotopic (exact) mass is 241 g/mol. The molecule has 1 aromatic heterocycles. The molecule has 1 N–H and O–H groups in total. The van der Waals surface area contributed by atoms with Crippen molar-refractivity contribution in [3.8, 4) is 0 Å². The van der Waals surface area contributed by atoms with E-state index in [0.29, 0.717) is 11.3 Å². The largest absolute Gasteiger partial charge is 0.453 e. The van der Waals surface area contributed by atoms with E-state index in [1.165, 1.54) is 19.3 Å². The number of hydrogen-bond acceptors (Lipinski definition) is 2. The van der Waals surface area contributed by atoms with E-state index < -0.39 is 0 Å². The van der Waals surface area contributed by atoms with Gasteiger partial charge in [0.05, 0.1) is 6.26 Å². The summed E-state index contributed by atoms with van der Waals surface area (Å²) in [4.78, 5) is 0. The zero-order chi connectivity index (χ0) is 11.8. The van der Waals surface area contributed by atoms with Crippen LogP contribution in [0.15, 0.2) is 29.4 Å². The number of halogens is 1. The number of allylic oxidation sites excluding steroid dienone is 1. The normalized spacial score (nSPS) is 12.6. The van der Waals surface area contributed by atoms with Gasteiger partial charge in [-0.15, -0.1) is 6.58 Å². The van der Waals surface area contributed by atoms with Crippen LogP contribution < -0.4 is 5.32 Å². The molecule has 0 spiro atoms. The lowest BCUT2D eigenvalue weighted by molar-refractivity contribution is 0.497. The first-order valence-electron chi connectivity index (χ1n) is 5.80. The lowest BCUT2D eigenvalue weighted by Crippen LogP contribution is -2.15. The molecule has 0 saturated heterocycles. The van der Waals surface area contributed by atoms with E-state index in [9.17, 15) is 0 Å². The molecule has 0 amide bonds. The van der Waals surface area contributed by atoms with E-state index >= 15 is 0 Å². The molecule has 0 aliphatic rings. The minimum Gasteiger partial charge on any atom is -0.453 e. The Morgan fingerprint density at radius 1 is 1.50 bits per heavy atom. The highest BCUT2D eigenvalue weighted by Crippen LogP contribution is 2.27. The zero-order valence-electron chi connectivity index (χ0n) is 9.84. The minimum atomic E-state index is 0.301. The van der Waals surface area contributed by atoms with Gasteiger partial charge in [-0.25, -0.2) is 0 Å². The molecular weight excluding hydrogens is 222 g/mol. The van der Waals surface area contributed by atoms with Gasteiger partial charge in [-0.2, -0.15) is 0 Å². The van der Waals surface area contributed by atoms with Crippen LogP contribution in [-0.4, -0.2) is 7.05 Å². The molecule has 1 aromatic rings.